The standard InChI is InChI=1S/C6H14N2O/c1-6(9)8-5-3-2-4-7/h2-5,7H2,1H3,(H,8,9). The van der Waals surface area contributed by atoms with Crippen LogP contribution in [0.25, 0.3) is 0 Å². The van der Waals surface area contributed by atoms with Gasteiger partial charge in [-0.3, -0.25) is 4.79 Å². The third kappa shape index (κ3) is 7.43. The maximum absolute atomic E-state index is 10.3. The molecule has 1 amide bonds. The Morgan fingerprint density at radius 3 is 2.67 bits per heavy atom. The molecule has 0 aliphatic heterocycles. The van der Waals surface area contributed by atoms with Gasteiger partial charge < -0.3 is 11.1 Å². The Morgan fingerprint density at radius 1 is 1.56 bits per heavy atom. The molecule has 0 spiro atoms. The van der Waals surface area contributed by atoms with Gasteiger partial charge >= 0.3 is 0 Å². The van der Waals surface area contributed by atoms with Crippen molar-refractivity contribution in [3.63, 3.8) is 0 Å². The van der Waals surface area contributed by atoms with Crippen molar-refractivity contribution in [3.05, 3.63) is 0 Å². The van der Waals surface area contributed by atoms with Crippen LogP contribution in [-0.4, -0.2) is 19.0 Å². The van der Waals surface area contributed by atoms with Gasteiger partial charge in [0.1, 0.15) is 0 Å². The molecule has 3 heteroatoms. The molecule has 0 heterocycles. The molecule has 0 aromatic rings. The maximum Gasteiger partial charge on any atom is 0.216 e. The van der Waals surface area contributed by atoms with E-state index in [1.165, 1.54) is 6.92 Å². The van der Waals surface area contributed by atoms with Crippen LogP contribution in [-0.2, 0) is 4.79 Å². The number of carbonyl (C=O) groups excluding carboxylic acids is 1. The second-order valence-corrected chi connectivity index (χ2v) is 1.98. The lowest BCUT2D eigenvalue weighted by atomic mass is 10.3. The Balaban J connectivity index is 2.83. The summed E-state index contributed by atoms with van der Waals surface area (Å²) in [6.45, 7) is 2.98. The van der Waals surface area contributed by atoms with Crippen molar-refractivity contribution in [2.75, 3.05) is 13.1 Å². The van der Waals surface area contributed by atoms with Crippen molar-refractivity contribution in [1.82, 2.24) is 5.32 Å². The quantitative estimate of drug-likeness (QED) is 0.520. The Bertz CT molecular complexity index is 83.1. The smallest absolute Gasteiger partial charge is 0.216 e. The van der Waals surface area contributed by atoms with Gasteiger partial charge in [-0.2, -0.15) is 0 Å². The highest BCUT2D eigenvalue weighted by Crippen LogP contribution is 1.81. The number of amides is 1. The van der Waals surface area contributed by atoms with Gasteiger partial charge in [0.2, 0.25) is 5.91 Å². The summed E-state index contributed by atoms with van der Waals surface area (Å²) in [7, 11) is 0. The number of nitrogens with one attached hydrogen (secondary N) is 1. The second kappa shape index (κ2) is 5.56. The zero-order valence-corrected chi connectivity index (χ0v) is 5.81. The fourth-order valence-electron chi connectivity index (χ4n) is 0.534. The van der Waals surface area contributed by atoms with Crippen molar-refractivity contribution >= 4 is 5.91 Å². The molecule has 0 aromatic carbocycles. The van der Waals surface area contributed by atoms with Crippen molar-refractivity contribution in [1.29, 1.82) is 0 Å². The monoisotopic (exact) mass is 130 g/mol. The molecule has 0 saturated carbocycles. The molecule has 0 unspecified atom stereocenters. The minimum Gasteiger partial charge on any atom is -0.356 e. The Hall–Kier alpha value is -0.570. The van der Waals surface area contributed by atoms with E-state index in [0.29, 0.717) is 6.54 Å². The SMILES string of the molecule is CC(=O)NCCCCN. The summed E-state index contributed by atoms with van der Waals surface area (Å²) in [6, 6.07) is 0. The lowest BCUT2D eigenvalue weighted by Crippen LogP contribution is -2.21. The van der Waals surface area contributed by atoms with E-state index in [1.807, 2.05) is 0 Å². The second-order valence-electron chi connectivity index (χ2n) is 1.98. The highest BCUT2D eigenvalue weighted by atomic mass is 16.1. The van der Waals surface area contributed by atoms with E-state index in [0.717, 1.165) is 19.4 Å². The van der Waals surface area contributed by atoms with E-state index in [9.17, 15) is 4.79 Å². The van der Waals surface area contributed by atoms with Crippen LogP contribution in [0.3, 0.4) is 0 Å². The van der Waals surface area contributed by atoms with Crippen LogP contribution >= 0.6 is 0 Å². The van der Waals surface area contributed by atoms with E-state index in [2.05, 4.69) is 5.32 Å². The number of carbonyl (C=O) groups is 1. The van der Waals surface area contributed by atoms with E-state index < -0.39 is 0 Å². The zero-order valence-electron chi connectivity index (χ0n) is 5.81. The van der Waals surface area contributed by atoms with Crippen molar-refractivity contribution < 1.29 is 4.79 Å². The molecule has 0 aliphatic rings. The molecule has 0 fully saturated rings. The van der Waals surface area contributed by atoms with Gasteiger partial charge in [-0.15, -0.1) is 0 Å². The number of unbranched alkanes of at least 4 members (excludes halogenated alkanes) is 1. The zero-order chi connectivity index (χ0) is 7.11. The van der Waals surface area contributed by atoms with E-state index in [-0.39, 0.29) is 5.91 Å². The minimum atomic E-state index is 0.0343. The largest absolute Gasteiger partial charge is 0.356 e. The fraction of sp³-hybridized carbons (Fsp3) is 0.833. The Morgan fingerprint density at radius 2 is 2.22 bits per heavy atom. The van der Waals surface area contributed by atoms with Gasteiger partial charge in [-0.25, -0.2) is 0 Å². The number of nitrogens with two attached hydrogens (primary N) is 1. The lowest BCUT2D eigenvalue weighted by molar-refractivity contribution is -0.118. The van der Waals surface area contributed by atoms with Gasteiger partial charge in [0.25, 0.3) is 0 Å². The highest BCUT2D eigenvalue weighted by Gasteiger charge is 1.87. The van der Waals surface area contributed by atoms with Crippen LogP contribution < -0.4 is 11.1 Å². The van der Waals surface area contributed by atoms with Crippen LogP contribution in [0.2, 0.25) is 0 Å². The molecule has 0 saturated heterocycles. The van der Waals surface area contributed by atoms with E-state index >= 15 is 0 Å². The first-order valence-corrected chi connectivity index (χ1v) is 3.22. The number of hydrogen-bond acceptors (Lipinski definition) is 2. The molecule has 0 aromatic heterocycles. The molecule has 0 bridgehead atoms. The highest BCUT2D eigenvalue weighted by molar-refractivity contribution is 5.72. The molecule has 0 rings (SSSR count). The molecule has 0 radical (unpaired) electrons. The average Bonchev–Trinajstić information content (AvgIpc) is 1.80. The van der Waals surface area contributed by atoms with Gasteiger partial charge in [0, 0.05) is 13.5 Å². The molecular weight excluding hydrogens is 116 g/mol. The third-order valence-electron chi connectivity index (χ3n) is 1.00. The summed E-state index contributed by atoms with van der Waals surface area (Å²) in [4.78, 5) is 10.3. The van der Waals surface area contributed by atoms with Gasteiger partial charge in [-0.05, 0) is 19.4 Å². The lowest BCUT2D eigenvalue weighted by Gasteiger charge is -1.98. The molecule has 0 aliphatic carbocycles. The van der Waals surface area contributed by atoms with Crippen molar-refractivity contribution in [3.8, 4) is 0 Å². The van der Waals surface area contributed by atoms with E-state index in [1.54, 1.807) is 0 Å². The molecule has 3 nitrogen and oxygen atoms in total. The molecular formula is C6H14N2O. The summed E-state index contributed by atoms with van der Waals surface area (Å²) in [5.41, 5.74) is 5.23. The first-order valence-electron chi connectivity index (χ1n) is 3.22. The van der Waals surface area contributed by atoms with Crippen LogP contribution in [0.15, 0.2) is 0 Å². The summed E-state index contributed by atoms with van der Waals surface area (Å²) < 4.78 is 0. The van der Waals surface area contributed by atoms with Crippen LogP contribution in [0, 0.1) is 0 Å². The summed E-state index contributed by atoms with van der Waals surface area (Å²) in [6.07, 6.45) is 1.97. The Labute approximate surface area is 55.6 Å². The average molecular weight is 130 g/mol. The topological polar surface area (TPSA) is 55.1 Å². The number of rotatable bonds is 4. The third-order valence-corrected chi connectivity index (χ3v) is 1.00. The van der Waals surface area contributed by atoms with Crippen molar-refractivity contribution in [2.24, 2.45) is 5.73 Å². The predicted molar refractivity (Wildman–Crippen MR) is 37.0 cm³/mol. The predicted octanol–water partition coefficient (Wildman–Crippen LogP) is -0.139. The fourth-order valence-corrected chi connectivity index (χ4v) is 0.534. The van der Waals surface area contributed by atoms with Gasteiger partial charge in [0.05, 0.1) is 0 Å². The van der Waals surface area contributed by atoms with Crippen LogP contribution in [0.1, 0.15) is 19.8 Å². The maximum atomic E-state index is 10.3. The first-order chi connectivity index (χ1) is 4.27. The number of hydrogen-bond donors (Lipinski definition) is 2. The summed E-state index contributed by atoms with van der Waals surface area (Å²) in [5.74, 6) is 0.0343. The summed E-state index contributed by atoms with van der Waals surface area (Å²) in [5, 5.41) is 2.69. The Kier molecular flexibility index (Phi) is 5.21. The molecule has 9 heavy (non-hydrogen) atoms. The minimum absolute atomic E-state index is 0.0343. The van der Waals surface area contributed by atoms with E-state index in [4.69, 9.17) is 5.73 Å². The molecule has 0 atom stereocenters. The van der Waals surface area contributed by atoms with Crippen molar-refractivity contribution in [2.45, 2.75) is 19.8 Å². The summed E-state index contributed by atoms with van der Waals surface area (Å²) >= 11 is 0. The molecule has 3 N–H and O–H groups in total. The first kappa shape index (κ1) is 8.43. The molecule has 54 valence electrons. The van der Waals surface area contributed by atoms with Crippen LogP contribution in [0.5, 0.6) is 0 Å². The van der Waals surface area contributed by atoms with Crippen LogP contribution in [0.4, 0.5) is 0 Å². The van der Waals surface area contributed by atoms with Gasteiger partial charge in [0.15, 0.2) is 0 Å². The van der Waals surface area contributed by atoms with Gasteiger partial charge in [-0.1, -0.05) is 0 Å². The normalized spacial score (nSPS) is 9.11.